The lowest BCUT2D eigenvalue weighted by Gasteiger charge is -2.39. The lowest BCUT2D eigenvalue weighted by atomic mass is 9.69. The summed E-state index contributed by atoms with van der Waals surface area (Å²) in [7, 11) is 0. The summed E-state index contributed by atoms with van der Waals surface area (Å²) in [5.41, 5.74) is 1.48. The topological polar surface area (TPSA) is 71.8 Å². The zero-order valence-corrected chi connectivity index (χ0v) is 15.7. The summed E-state index contributed by atoms with van der Waals surface area (Å²) in [4.78, 5) is 20.8. The molecule has 2 aromatic heterocycles. The minimum atomic E-state index is -0.0849. The number of amides is 2. The number of carbonyl (C=O) groups excluding carboxylic acids is 1. The van der Waals surface area contributed by atoms with E-state index in [4.69, 9.17) is 0 Å². The highest BCUT2D eigenvalue weighted by Gasteiger charge is 2.61. The molecule has 2 amide bonds. The first-order valence-corrected chi connectivity index (χ1v) is 9.38. The van der Waals surface area contributed by atoms with E-state index in [9.17, 15) is 4.79 Å². The molecule has 0 unspecified atom stereocenters. The molecule has 3 atom stereocenters. The van der Waals surface area contributed by atoms with Gasteiger partial charge in [-0.15, -0.1) is 0 Å². The molecule has 6 nitrogen and oxygen atoms in total. The fraction of sp³-hybridized carbons (Fsp3) is 0.550. The number of nitrogens with one attached hydrogen (secondary N) is 2. The third-order valence-corrected chi connectivity index (χ3v) is 7.13. The normalized spacial score (nSPS) is 28.9. The minimum Gasteiger partial charge on any atom is -0.335 e. The van der Waals surface area contributed by atoms with Crippen molar-refractivity contribution in [3.8, 4) is 5.82 Å². The predicted molar refractivity (Wildman–Crippen MR) is 99.7 cm³/mol. The van der Waals surface area contributed by atoms with Gasteiger partial charge in [-0.2, -0.15) is 0 Å². The molecule has 0 aliphatic heterocycles. The molecule has 2 bridgehead atoms. The largest absolute Gasteiger partial charge is 0.335 e. The summed E-state index contributed by atoms with van der Waals surface area (Å²) in [5.74, 6) is 1.53. The monoisotopic (exact) mass is 353 g/mol. The number of imidazole rings is 1. The number of nitrogens with zero attached hydrogens (tertiary/aromatic N) is 3. The molecule has 6 heteroatoms. The van der Waals surface area contributed by atoms with E-state index in [1.165, 1.54) is 12.8 Å². The van der Waals surface area contributed by atoms with Crippen LogP contribution in [0.2, 0.25) is 0 Å². The molecule has 0 spiro atoms. The van der Waals surface area contributed by atoms with Gasteiger partial charge in [0, 0.05) is 31.2 Å². The van der Waals surface area contributed by atoms with Crippen molar-refractivity contribution in [3.05, 3.63) is 42.6 Å². The molecule has 0 radical (unpaired) electrons. The second-order valence-corrected chi connectivity index (χ2v) is 8.48. The van der Waals surface area contributed by atoms with Crippen molar-refractivity contribution in [2.75, 3.05) is 0 Å². The van der Waals surface area contributed by atoms with Crippen molar-refractivity contribution in [1.82, 2.24) is 25.2 Å². The van der Waals surface area contributed by atoms with E-state index in [1.807, 2.05) is 22.9 Å². The van der Waals surface area contributed by atoms with Crippen LogP contribution in [0.25, 0.3) is 5.82 Å². The molecular weight excluding hydrogens is 326 g/mol. The smallest absolute Gasteiger partial charge is 0.315 e. The Morgan fingerprint density at radius 3 is 2.77 bits per heavy atom. The van der Waals surface area contributed by atoms with Gasteiger partial charge in [-0.25, -0.2) is 14.8 Å². The van der Waals surface area contributed by atoms with E-state index in [2.05, 4.69) is 41.4 Å². The number of hydrogen-bond acceptors (Lipinski definition) is 3. The Kier molecular flexibility index (Phi) is 4.01. The predicted octanol–water partition coefficient (Wildman–Crippen LogP) is 3.28. The fourth-order valence-electron chi connectivity index (χ4n) is 4.88. The molecule has 2 saturated carbocycles. The van der Waals surface area contributed by atoms with Crippen LogP contribution < -0.4 is 10.6 Å². The Morgan fingerprint density at radius 1 is 1.35 bits per heavy atom. The van der Waals surface area contributed by atoms with Crippen LogP contribution in [0.3, 0.4) is 0 Å². The number of hydrogen-bond donors (Lipinski definition) is 2. The molecule has 2 N–H and O–H groups in total. The summed E-state index contributed by atoms with van der Waals surface area (Å²) in [6, 6.07) is 4.08. The average Bonchev–Trinajstić information content (AvgIpc) is 3.27. The lowest BCUT2D eigenvalue weighted by Crippen LogP contribution is -2.49. The van der Waals surface area contributed by atoms with Gasteiger partial charge in [-0.3, -0.25) is 4.57 Å². The van der Waals surface area contributed by atoms with Gasteiger partial charge in [0.15, 0.2) is 0 Å². The van der Waals surface area contributed by atoms with Crippen LogP contribution in [-0.2, 0) is 6.54 Å². The minimum absolute atomic E-state index is 0.0849. The second kappa shape index (κ2) is 6.11. The first kappa shape index (κ1) is 17.1. The maximum Gasteiger partial charge on any atom is 0.315 e. The first-order valence-electron chi connectivity index (χ1n) is 9.38. The summed E-state index contributed by atoms with van der Waals surface area (Å²) >= 11 is 0. The maximum atomic E-state index is 12.4. The zero-order valence-electron chi connectivity index (χ0n) is 15.7. The number of aromatic nitrogens is 3. The van der Waals surface area contributed by atoms with E-state index in [0.717, 1.165) is 23.7 Å². The molecule has 2 heterocycles. The van der Waals surface area contributed by atoms with Crippen molar-refractivity contribution < 1.29 is 4.79 Å². The summed E-state index contributed by atoms with van der Waals surface area (Å²) < 4.78 is 1.85. The Labute approximate surface area is 154 Å². The van der Waals surface area contributed by atoms with Gasteiger partial charge in [0.1, 0.15) is 12.1 Å². The fourth-order valence-corrected chi connectivity index (χ4v) is 4.88. The van der Waals surface area contributed by atoms with E-state index >= 15 is 0 Å². The number of fused-ring (bicyclic) bond motifs is 2. The van der Waals surface area contributed by atoms with Gasteiger partial charge >= 0.3 is 6.03 Å². The molecule has 0 aromatic carbocycles. The number of rotatable bonds is 4. The van der Waals surface area contributed by atoms with Gasteiger partial charge in [-0.1, -0.05) is 26.8 Å². The summed E-state index contributed by atoms with van der Waals surface area (Å²) in [5, 5.41) is 6.20. The standard InChI is InChI=1S/C20H27N5O/c1-19(2)15-6-7-20(19,3)16(10-15)24-18(26)23-12-14-4-5-17(22-11-14)25-9-8-21-13-25/h4-5,8-9,11,13,15-16H,6-7,10,12H2,1-3H3,(H2,23,24,26)/t15-,16+,20-/m0/s1. The van der Waals surface area contributed by atoms with E-state index < -0.39 is 0 Å². The highest BCUT2D eigenvalue weighted by Crippen LogP contribution is 2.65. The van der Waals surface area contributed by atoms with Crippen LogP contribution in [0.5, 0.6) is 0 Å². The van der Waals surface area contributed by atoms with Crippen molar-refractivity contribution in [3.63, 3.8) is 0 Å². The molecule has 2 aromatic rings. The molecule has 0 saturated heterocycles. The Morgan fingerprint density at radius 2 is 2.19 bits per heavy atom. The zero-order chi connectivity index (χ0) is 18.4. The van der Waals surface area contributed by atoms with E-state index in [-0.39, 0.29) is 17.5 Å². The van der Waals surface area contributed by atoms with E-state index in [1.54, 1.807) is 18.7 Å². The molecule has 138 valence electrons. The third-order valence-electron chi connectivity index (χ3n) is 7.13. The number of urea groups is 1. The van der Waals surface area contributed by atoms with E-state index in [0.29, 0.717) is 12.0 Å². The van der Waals surface area contributed by atoms with Crippen LogP contribution in [0, 0.1) is 16.7 Å². The second-order valence-electron chi connectivity index (χ2n) is 8.48. The van der Waals surface area contributed by atoms with Crippen LogP contribution in [0.4, 0.5) is 4.79 Å². The van der Waals surface area contributed by atoms with Crippen molar-refractivity contribution in [1.29, 1.82) is 0 Å². The average molecular weight is 353 g/mol. The summed E-state index contributed by atoms with van der Waals surface area (Å²) in [6.07, 6.45) is 10.7. The molecule has 2 aliphatic rings. The molecule has 26 heavy (non-hydrogen) atoms. The van der Waals surface area contributed by atoms with Gasteiger partial charge in [0.05, 0.1) is 0 Å². The van der Waals surface area contributed by atoms with Gasteiger partial charge in [0.25, 0.3) is 0 Å². The first-order chi connectivity index (χ1) is 12.4. The van der Waals surface area contributed by atoms with Crippen LogP contribution in [0.15, 0.2) is 37.1 Å². The SMILES string of the molecule is CC1(C)[C@H]2CC[C@@]1(C)[C@H](NC(=O)NCc1ccc(-n3ccnc3)nc1)C2. The van der Waals surface area contributed by atoms with Gasteiger partial charge in [0.2, 0.25) is 0 Å². The Hall–Kier alpha value is -2.37. The highest BCUT2D eigenvalue weighted by atomic mass is 16.2. The van der Waals surface area contributed by atoms with Crippen LogP contribution >= 0.6 is 0 Å². The quantitative estimate of drug-likeness (QED) is 0.886. The lowest BCUT2D eigenvalue weighted by molar-refractivity contribution is 0.123. The van der Waals surface area contributed by atoms with Crippen molar-refractivity contribution >= 4 is 6.03 Å². The van der Waals surface area contributed by atoms with Crippen LogP contribution in [-0.4, -0.2) is 26.6 Å². The molecular formula is C20H27N5O. The maximum absolute atomic E-state index is 12.4. The highest BCUT2D eigenvalue weighted by molar-refractivity contribution is 5.74. The third kappa shape index (κ3) is 2.68. The van der Waals surface area contributed by atoms with Crippen LogP contribution in [0.1, 0.15) is 45.6 Å². The molecule has 2 fully saturated rings. The Balaban J connectivity index is 1.32. The van der Waals surface area contributed by atoms with Crippen molar-refractivity contribution in [2.45, 2.75) is 52.6 Å². The summed E-state index contributed by atoms with van der Waals surface area (Å²) in [6.45, 7) is 7.53. The molecule has 2 aliphatic carbocycles. The Bertz CT molecular complexity index is 783. The number of pyridine rings is 1. The number of carbonyl (C=O) groups is 1. The van der Waals surface area contributed by atoms with Gasteiger partial charge in [-0.05, 0) is 47.6 Å². The molecule has 4 rings (SSSR count). The van der Waals surface area contributed by atoms with Gasteiger partial charge < -0.3 is 10.6 Å². The van der Waals surface area contributed by atoms with Crippen molar-refractivity contribution in [2.24, 2.45) is 16.7 Å².